The van der Waals surface area contributed by atoms with Crippen molar-refractivity contribution in [2.24, 2.45) is 11.3 Å². The molecule has 1 heterocycles. The summed E-state index contributed by atoms with van der Waals surface area (Å²) in [5.41, 5.74) is 1.78. The Morgan fingerprint density at radius 3 is 2.28 bits per heavy atom. The second-order valence-corrected chi connectivity index (χ2v) is 8.97. The van der Waals surface area contributed by atoms with Crippen LogP contribution in [0, 0.1) is 11.3 Å². The lowest BCUT2D eigenvalue weighted by Crippen LogP contribution is -2.47. The van der Waals surface area contributed by atoms with Gasteiger partial charge in [-0.1, -0.05) is 44.2 Å². The molecule has 1 aromatic rings. The molecular weight excluding hydrogens is 308 g/mol. The number of amides is 1. The van der Waals surface area contributed by atoms with Crippen LogP contribution >= 0.6 is 0 Å². The predicted molar refractivity (Wildman–Crippen MR) is 103 cm³/mol. The van der Waals surface area contributed by atoms with Crippen LogP contribution in [0.1, 0.15) is 57.9 Å². The summed E-state index contributed by atoms with van der Waals surface area (Å²) in [7, 11) is 4.42. The molecule has 0 atom stereocenters. The van der Waals surface area contributed by atoms with E-state index in [1.807, 2.05) is 0 Å². The Morgan fingerprint density at radius 2 is 1.72 bits per heavy atom. The molecular formula is C22H34N2O. The molecule has 1 aliphatic heterocycles. The van der Waals surface area contributed by atoms with Gasteiger partial charge >= 0.3 is 0 Å². The van der Waals surface area contributed by atoms with Gasteiger partial charge in [0.05, 0.1) is 0 Å². The van der Waals surface area contributed by atoms with Gasteiger partial charge in [0, 0.05) is 25.0 Å². The average Bonchev–Trinajstić information content (AvgIpc) is 2.90. The molecule has 1 saturated carbocycles. The number of rotatable bonds is 5. The van der Waals surface area contributed by atoms with Gasteiger partial charge in [-0.05, 0) is 63.1 Å². The molecule has 0 aromatic heterocycles. The van der Waals surface area contributed by atoms with Crippen molar-refractivity contribution in [2.75, 3.05) is 27.2 Å². The Balaban J connectivity index is 1.71. The summed E-state index contributed by atoms with van der Waals surface area (Å²) < 4.78 is 0. The van der Waals surface area contributed by atoms with Crippen molar-refractivity contribution < 1.29 is 4.79 Å². The van der Waals surface area contributed by atoms with E-state index in [-0.39, 0.29) is 11.0 Å². The Hall–Kier alpha value is -1.35. The lowest BCUT2D eigenvalue weighted by molar-refractivity contribution is -0.128. The first-order valence-corrected chi connectivity index (χ1v) is 9.88. The second kappa shape index (κ2) is 7.11. The molecule has 1 aliphatic carbocycles. The van der Waals surface area contributed by atoms with Gasteiger partial charge in [0.2, 0.25) is 5.91 Å². The number of nitrogens with zero attached hydrogens (tertiary/aromatic N) is 2. The van der Waals surface area contributed by atoms with Crippen molar-refractivity contribution in [1.29, 1.82) is 0 Å². The molecule has 3 rings (SSSR count). The van der Waals surface area contributed by atoms with Gasteiger partial charge < -0.3 is 4.90 Å². The van der Waals surface area contributed by atoms with E-state index >= 15 is 0 Å². The Morgan fingerprint density at radius 1 is 1.08 bits per heavy atom. The van der Waals surface area contributed by atoms with Crippen LogP contribution in [0.25, 0.3) is 0 Å². The maximum absolute atomic E-state index is 12.5. The van der Waals surface area contributed by atoms with E-state index in [0.29, 0.717) is 11.8 Å². The van der Waals surface area contributed by atoms with Crippen molar-refractivity contribution in [3.05, 3.63) is 35.9 Å². The van der Waals surface area contributed by atoms with Crippen LogP contribution < -0.4 is 0 Å². The number of carbonyl (C=O) groups is 1. The van der Waals surface area contributed by atoms with Gasteiger partial charge in [-0.15, -0.1) is 0 Å². The summed E-state index contributed by atoms with van der Waals surface area (Å²) in [5, 5.41) is 0. The molecule has 25 heavy (non-hydrogen) atoms. The van der Waals surface area contributed by atoms with Crippen LogP contribution in [0.4, 0.5) is 0 Å². The maximum Gasteiger partial charge on any atom is 0.223 e. The van der Waals surface area contributed by atoms with Gasteiger partial charge in [-0.3, -0.25) is 9.69 Å². The van der Waals surface area contributed by atoms with E-state index in [1.165, 1.54) is 5.56 Å². The standard InChI is InChI=1S/C22H34N2O/c1-18(2)10-15-24-17-21(16-20(24)25)11-13-22(14-12-21,23(3)4)19-8-6-5-7-9-19/h5-9,18H,10-17H2,1-4H3. The highest BCUT2D eigenvalue weighted by Gasteiger charge is 2.49. The third-order valence-corrected chi connectivity index (χ3v) is 6.69. The Kier molecular flexibility index (Phi) is 5.24. The van der Waals surface area contributed by atoms with Crippen LogP contribution in [0.5, 0.6) is 0 Å². The van der Waals surface area contributed by atoms with Gasteiger partial charge in [-0.25, -0.2) is 0 Å². The fourth-order valence-electron chi connectivity index (χ4n) is 4.87. The summed E-state index contributed by atoms with van der Waals surface area (Å²) in [6.45, 7) is 6.40. The molecule has 0 bridgehead atoms. The van der Waals surface area contributed by atoms with Gasteiger partial charge in [0.15, 0.2) is 0 Å². The highest BCUT2D eigenvalue weighted by Crippen LogP contribution is 2.52. The highest BCUT2D eigenvalue weighted by molar-refractivity contribution is 5.79. The smallest absolute Gasteiger partial charge is 0.223 e. The minimum absolute atomic E-state index is 0.126. The van der Waals surface area contributed by atoms with Crippen molar-refractivity contribution in [1.82, 2.24) is 9.80 Å². The minimum Gasteiger partial charge on any atom is -0.342 e. The monoisotopic (exact) mass is 342 g/mol. The summed E-state index contributed by atoms with van der Waals surface area (Å²) in [6.07, 6.45) is 6.50. The topological polar surface area (TPSA) is 23.6 Å². The number of hydrogen-bond acceptors (Lipinski definition) is 2. The van der Waals surface area contributed by atoms with Crippen molar-refractivity contribution in [3.8, 4) is 0 Å². The van der Waals surface area contributed by atoms with E-state index in [9.17, 15) is 4.79 Å². The molecule has 1 amide bonds. The lowest BCUT2D eigenvalue weighted by atomic mass is 9.64. The first-order valence-electron chi connectivity index (χ1n) is 9.88. The molecule has 0 radical (unpaired) electrons. The number of likely N-dealkylation sites (tertiary alicyclic amines) is 1. The Labute approximate surface area is 153 Å². The largest absolute Gasteiger partial charge is 0.342 e. The number of carbonyl (C=O) groups excluding carboxylic acids is 1. The molecule has 3 heteroatoms. The predicted octanol–water partition coefficient (Wildman–Crippen LogP) is 4.28. The fraction of sp³-hybridized carbons (Fsp3) is 0.682. The lowest BCUT2D eigenvalue weighted by Gasteiger charge is -2.48. The van der Waals surface area contributed by atoms with Crippen LogP contribution in [0.2, 0.25) is 0 Å². The maximum atomic E-state index is 12.5. The highest BCUT2D eigenvalue weighted by atomic mass is 16.2. The molecule has 0 unspecified atom stereocenters. The van der Waals surface area contributed by atoms with Crippen molar-refractivity contribution >= 4 is 5.91 Å². The zero-order valence-electron chi connectivity index (χ0n) is 16.4. The summed E-state index contributed by atoms with van der Waals surface area (Å²) in [5.74, 6) is 1.05. The number of benzene rings is 1. The van der Waals surface area contributed by atoms with Crippen LogP contribution in [0.15, 0.2) is 30.3 Å². The van der Waals surface area contributed by atoms with E-state index in [1.54, 1.807) is 0 Å². The van der Waals surface area contributed by atoms with Gasteiger partial charge in [0.1, 0.15) is 0 Å². The fourth-order valence-corrected chi connectivity index (χ4v) is 4.87. The third kappa shape index (κ3) is 3.62. The quantitative estimate of drug-likeness (QED) is 0.797. The first-order chi connectivity index (χ1) is 11.9. The van der Waals surface area contributed by atoms with E-state index in [4.69, 9.17) is 0 Å². The number of hydrogen-bond donors (Lipinski definition) is 0. The van der Waals surface area contributed by atoms with E-state index in [2.05, 4.69) is 68.1 Å². The zero-order chi connectivity index (χ0) is 18.1. The molecule has 1 aromatic carbocycles. The van der Waals surface area contributed by atoms with E-state index < -0.39 is 0 Å². The van der Waals surface area contributed by atoms with Crippen LogP contribution in [0.3, 0.4) is 0 Å². The molecule has 1 spiro atoms. The van der Waals surface area contributed by atoms with Crippen LogP contribution in [-0.4, -0.2) is 42.9 Å². The summed E-state index contributed by atoms with van der Waals surface area (Å²) in [4.78, 5) is 17.1. The molecule has 2 aliphatic rings. The molecule has 138 valence electrons. The Bertz CT molecular complexity index is 585. The van der Waals surface area contributed by atoms with E-state index in [0.717, 1.165) is 51.6 Å². The minimum atomic E-state index is 0.126. The second-order valence-electron chi connectivity index (χ2n) is 8.97. The van der Waals surface area contributed by atoms with Crippen molar-refractivity contribution in [2.45, 2.75) is 57.9 Å². The summed E-state index contributed by atoms with van der Waals surface area (Å²) >= 11 is 0. The first kappa shape index (κ1) is 18.4. The SMILES string of the molecule is CC(C)CCN1CC2(CCC(c3ccccc3)(N(C)C)CC2)CC1=O. The molecule has 2 fully saturated rings. The van der Waals surface area contributed by atoms with Gasteiger partial charge in [0.25, 0.3) is 0 Å². The normalized spacial score (nSPS) is 30.0. The molecule has 0 N–H and O–H groups in total. The molecule has 3 nitrogen and oxygen atoms in total. The van der Waals surface area contributed by atoms with Crippen LogP contribution in [-0.2, 0) is 10.3 Å². The van der Waals surface area contributed by atoms with Crippen molar-refractivity contribution in [3.63, 3.8) is 0 Å². The zero-order valence-corrected chi connectivity index (χ0v) is 16.4. The van der Waals surface area contributed by atoms with Gasteiger partial charge in [-0.2, -0.15) is 0 Å². The molecule has 1 saturated heterocycles. The summed E-state index contributed by atoms with van der Waals surface area (Å²) in [6, 6.07) is 10.9. The average molecular weight is 343 g/mol. The third-order valence-electron chi connectivity index (χ3n) is 6.69.